The van der Waals surface area contributed by atoms with Gasteiger partial charge in [-0.05, 0) is 25.2 Å². The standard InChI is InChI=1S/C12H24N2O2S2/c1-10(2)7-8-18(15,16)14(9-12(13)17)11-5-3-4-6-11/h10-11H,3-9H2,1-2H3,(H2,13,17). The van der Waals surface area contributed by atoms with Crippen molar-refractivity contribution in [3.63, 3.8) is 0 Å². The van der Waals surface area contributed by atoms with Gasteiger partial charge in [-0.3, -0.25) is 0 Å². The van der Waals surface area contributed by atoms with E-state index in [4.69, 9.17) is 18.0 Å². The Morgan fingerprint density at radius 3 is 2.39 bits per heavy atom. The topological polar surface area (TPSA) is 63.4 Å². The van der Waals surface area contributed by atoms with Crippen molar-refractivity contribution in [1.82, 2.24) is 4.31 Å². The Hall–Kier alpha value is -0.200. The third kappa shape index (κ3) is 4.82. The Kier molecular flexibility index (Phi) is 6.01. The molecule has 0 spiro atoms. The zero-order valence-corrected chi connectivity index (χ0v) is 12.9. The minimum absolute atomic E-state index is 0.101. The monoisotopic (exact) mass is 292 g/mol. The zero-order valence-electron chi connectivity index (χ0n) is 11.3. The number of sulfonamides is 1. The molecule has 0 aliphatic heterocycles. The molecule has 1 rings (SSSR count). The van der Waals surface area contributed by atoms with Gasteiger partial charge >= 0.3 is 0 Å². The van der Waals surface area contributed by atoms with Crippen LogP contribution in [-0.2, 0) is 10.0 Å². The average Bonchev–Trinajstić information content (AvgIpc) is 2.76. The Morgan fingerprint density at radius 1 is 1.39 bits per heavy atom. The van der Waals surface area contributed by atoms with Crippen LogP contribution < -0.4 is 5.73 Å². The highest BCUT2D eigenvalue weighted by Gasteiger charge is 2.32. The third-order valence-corrected chi connectivity index (χ3v) is 5.38. The van der Waals surface area contributed by atoms with Gasteiger partial charge < -0.3 is 5.73 Å². The van der Waals surface area contributed by atoms with Crippen molar-refractivity contribution in [3.8, 4) is 0 Å². The molecule has 0 radical (unpaired) electrons. The van der Waals surface area contributed by atoms with Gasteiger partial charge in [-0.15, -0.1) is 0 Å². The summed E-state index contributed by atoms with van der Waals surface area (Å²) in [4.78, 5) is 0.259. The first-order chi connectivity index (χ1) is 8.33. The Morgan fingerprint density at radius 2 is 1.94 bits per heavy atom. The van der Waals surface area contributed by atoms with Crippen LogP contribution in [0.2, 0.25) is 0 Å². The number of thiocarbonyl (C=S) groups is 1. The van der Waals surface area contributed by atoms with E-state index in [9.17, 15) is 8.42 Å². The van der Waals surface area contributed by atoms with Crippen LogP contribution >= 0.6 is 12.2 Å². The lowest BCUT2D eigenvalue weighted by Crippen LogP contribution is -2.44. The Labute approximate surface area is 116 Å². The van der Waals surface area contributed by atoms with Gasteiger partial charge in [0.15, 0.2) is 0 Å². The molecule has 1 aliphatic rings. The predicted molar refractivity (Wildman–Crippen MR) is 79.0 cm³/mol. The van der Waals surface area contributed by atoms with E-state index in [-0.39, 0.29) is 23.3 Å². The molecular weight excluding hydrogens is 268 g/mol. The maximum Gasteiger partial charge on any atom is 0.214 e. The van der Waals surface area contributed by atoms with Crippen LogP contribution in [-0.4, -0.2) is 36.1 Å². The van der Waals surface area contributed by atoms with Crippen molar-refractivity contribution >= 4 is 27.2 Å². The number of nitrogens with zero attached hydrogens (tertiary/aromatic N) is 1. The summed E-state index contributed by atoms with van der Waals surface area (Å²) in [6, 6.07) is 0.101. The summed E-state index contributed by atoms with van der Waals surface area (Å²) >= 11 is 4.88. The second-order valence-electron chi connectivity index (χ2n) is 5.45. The molecule has 4 nitrogen and oxygen atoms in total. The van der Waals surface area contributed by atoms with Crippen molar-refractivity contribution in [1.29, 1.82) is 0 Å². The maximum absolute atomic E-state index is 12.4. The summed E-state index contributed by atoms with van der Waals surface area (Å²) < 4.78 is 26.3. The molecule has 0 unspecified atom stereocenters. The van der Waals surface area contributed by atoms with E-state index in [1.54, 1.807) is 4.31 Å². The lowest BCUT2D eigenvalue weighted by molar-refractivity contribution is 0.353. The van der Waals surface area contributed by atoms with Gasteiger partial charge in [0.2, 0.25) is 10.0 Å². The minimum Gasteiger partial charge on any atom is -0.392 e. The fraction of sp³-hybridized carbons (Fsp3) is 0.917. The number of nitrogens with two attached hydrogens (primary N) is 1. The van der Waals surface area contributed by atoms with E-state index in [2.05, 4.69) is 0 Å². The van der Waals surface area contributed by atoms with Crippen LogP contribution in [0.15, 0.2) is 0 Å². The Balaban J connectivity index is 2.76. The molecule has 0 saturated heterocycles. The van der Waals surface area contributed by atoms with Gasteiger partial charge in [-0.1, -0.05) is 38.9 Å². The highest BCUT2D eigenvalue weighted by molar-refractivity contribution is 7.89. The molecule has 0 amide bonds. The van der Waals surface area contributed by atoms with Crippen molar-refractivity contribution in [2.24, 2.45) is 11.7 Å². The number of hydrogen-bond donors (Lipinski definition) is 1. The molecule has 0 bridgehead atoms. The van der Waals surface area contributed by atoms with Crippen LogP contribution in [0.5, 0.6) is 0 Å². The Bertz CT molecular complexity index is 374. The molecule has 1 fully saturated rings. The largest absolute Gasteiger partial charge is 0.392 e. The van der Waals surface area contributed by atoms with E-state index < -0.39 is 10.0 Å². The molecule has 106 valence electrons. The lowest BCUT2D eigenvalue weighted by atomic mass is 10.2. The number of rotatable bonds is 7. The van der Waals surface area contributed by atoms with Gasteiger partial charge in [0.25, 0.3) is 0 Å². The van der Waals surface area contributed by atoms with Gasteiger partial charge in [0.1, 0.15) is 0 Å². The second-order valence-corrected chi connectivity index (χ2v) is 8.01. The summed E-state index contributed by atoms with van der Waals surface area (Å²) in [6.45, 7) is 4.26. The van der Waals surface area contributed by atoms with E-state index in [0.717, 1.165) is 25.7 Å². The van der Waals surface area contributed by atoms with Crippen LogP contribution in [0.3, 0.4) is 0 Å². The molecule has 0 heterocycles. The number of hydrogen-bond acceptors (Lipinski definition) is 3. The molecule has 6 heteroatoms. The summed E-state index contributed by atoms with van der Waals surface area (Å²) in [5.74, 6) is 0.582. The highest BCUT2D eigenvalue weighted by atomic mass is 32.2. The molecule has 1 saturated carbocycles. The van der Waals surface area contributed by atoms with Gasteiger partial charge in [-0.2, -0.15) is 4.31 Å². The maximum atomic E-state index is 12.4. The first-order valence-corrected chi connectivity index (χ1v) is 8.62. The zero-order chi connectivity index (χ0) is 13.8. The molecule has 0 aromatic carbocycles. The first-order valence-electron chi connectivity index (χ1n) is 6.60. The second kappa shape index (κ2) is 6.82. The van der Waals surface area contributed by atoms with Crippen molar-refractivity contribution in [3.05, 3.63) is 0 Å². The van der Waals surface area contributed by atoms with E-state index in [1.165, 1.54) is 0 Å². The average molecular weight is 292 g/mol. The molecule has 0 aromatic rings. The quantitative estimate of drug-likeness (QED) is 0.728. The fourth-order valence-corrected chi connectivity index (χ4v) is 4.53. The van der Waals surface area contributed by atoms with Crippen LogP contribution in [0.4, 0.5) is 0 Å². The molecule has 0 atom stereocenters. The SMILES string of the molecule is CC(C)CCS(=O)(=O)N(CC(N)=S)C1CCCC1. The van der Waals surface area contributed by atoms with Gasteiger partial charge in [0, 0.05) is 6.04 Å². The summed E-state index contributed by atoms with van der Waals surface area (Å²) in [5.41, 5.74) is 5.54. The normalized spacial score (nSPS) is 17.8. The van der Waals surface area contributed by atoms with Crippen molar-refractivity contribution in [2.45, 2.75) is 52.0 Å². The van der Waals surface area contributed by atoms with E-state index in [0.29, 0.717) is 12.3 Å². The predicted octanol–water partition coefficient (Wildman–Crippen LogP) is 1.89. The van der Waals surface area contributed by atoms with E-state index in [1.807, 2.05) is 13.8 Å². The van der Waals surface area contributed by atoms with Crippen molar-refractivity contribution in [2.75, 3.05) is 12.3 Å². The molecular formula is C12H24N2O2S2. The molecule has 18 heavy (non-hydrogen) atoms. The van der Waals surface area contributed by atoms with Gasteiger partial charge in [-0.25, -0.2) is 8.42 Å². The molecule has 0 aromatic heterocycles. The minimum atomic E-state index is -3.23. The first kappa shape index (κ1) is 15.9. The third-order valence-electron chi connectivity index (χ3n) is 3.35. The van der Waals surface area contributed by atoms with Crippen molar-refractivity contribution < 1.29 is 8.42 Å². The van der Waals surface area contributed by atoms with E-state index >= 15 is 0 Å². The van der Waals surface area contributed by atoms with Gasteiger partial charge in [0.05, 0.1) is 17.3 Å². The smallest absolute Gasteiger partial charge is 0.214 e. The lowest BCUT2D eigenvalue weighted by Gasteiger charge is -2.27. The summed E-state index contributed by atoms with van der Waals surface area (Å²) in [7, 11) is -3.23. The van der Waals surface area contributed by atoms with Crippen LogP contribution in [0.1, 0.15) is 46.0 Å². The van der Waals surface area contributed by atoms with Crippen LogP contribution in [0, 0.1) is 5.92 Å². The summed E-state index contributed by atoms with van der Waals surface area (Å²) in [6.07, 6.45) is 4.74. The fourth-order valence-electron chi connectivity index (χ4n) is 2.30. The van der Waals surface area contributed by atoms with Crippen LogP contribution in [0.25, 0.3) is 0 Å². The molecule has 1 aliphatic carbocycles. The summed E-state index contributed by atoms with van der Waals surface area (Å²) in [5, 5.41) is 0. The molecule has 2 N–H and O–H groups in total. The highest BCUT2D eigenvalue weighted by Crippen LogP contribution is 2.26.